The summed E-state index contributed by atoms with van der Waals surface area (Å²) in [6.45, 7) is 6.21. The third kappa shape index (κ3) is 4.86. The molecular weight excluding hydrogens is 320 g/mol. The van der Waals surface area contributed by atoms with Crippen molar-refractivity contribution in [3.8, 4) is 0 Å². The summed E-state index contributed by atoms with van der Waals surface area (Å²) in [6, 6.07) is 6.75. The van der Waals surface area contributed by atoms with Gasteiger partial charge in [-0.2, -0.15) is 11.8 Å². The zero-order chi connectivity index (χ0) is 16.8. The summed E-state index contributed by atoms with van der Waals surface area (Å²) in [5, 5.41) is 3.12. The van der Waals surface area contributed by atoms with Crippen LogP contribution in [0.2, 0.25) is 0 Å². The molecule has 0 saturated carbocycles. The molecule has 2 aliphatic rings. The average molecular weight is 349 g/mol. The van der Waals surface area contributed by atoms with Crippen molar-refractivity contribution in [2.24, 2.45) is 0 Å². The summed E-state index contributed by atoms with van der Waals surface area (Å²) in [6.07, 6.45) is 4.78. The maximum atomic E-state index is 12.5. The Hall–Kier alpha value is -1.27. The Morgan fingerprint density at radius 1 is 1.29 bits per heavy atom. The number of urea groups is 1. The quantitative estimate of drug-likeness (QED) is 0.907. The summed E-state index contributed by atoms with van der Waals surface area (Å²) in [5.41, 5.74) is 1.02. The van der Waals surface area contributed by atoms with Gasteiger partial charge >= 0.3 is 6.03 Å². The van der Waals surface area contributed by atoms with Crippen LogP contribution in [-0.4, -0.2) is 70.6 Å². The Kier molecular flexibility index (Phi) is 6.37. The Balaban J connectivity index is 1.41. The van der Waals surface area contributed by atoms with Gasteiger partial charge in [0.05, 0.1) is 0 Å². The Morgan fingerprint density at radius 3 is 2.71 bits per heavy atom. The number of carbonyl (C=O) groups excluding carboxylic acids is 1. The van der Waals surface area contributed by atoms with Gasteiger partial charge < -0.3 is 10.2 Å². The van der Waals surface area contributed by atoms with Gasteiger partial charge in [0, 0.05) is 68.1 Å². The summed E-state index contributed by atoms with van der Waals surface area (Å²) in [7, 11) is 0. The van der Waals surface area contributed by atoms with E-state index in [4.69, 9.17) is 0 Å². The van der Waals surface area contributed by atoms with E-state index in [1.807, 2.05) is 30.0 Å². The normalized spacial score (nSPS) is 21.5. The van der Waals surface area contributed by atoms with E-state index >= 15 is 0 Å². The van der Waals surface area contributed by atoms with E-state index in [-0.39, 0.29) is 12.1 Å². The lowest BCUT2D eigenvalue weighted by Gasteiger charge is -2.40. The van der Waals surface area contributed by atoms with Crippen molar-refractivity contribution in [2.45, 2.75) is 38.3 Å². The van der Waals surface area contributed by atoms with Gasteiger partial charge in [-0.15, -0.1) is 0 Å². The summed E-state index contributed by atoms with van der Waals surface area (Å²) in [5.74, 6) is 2.51. The molecule has 0 unspecified atom stereocenters. The van der Waals surface area contributed by atoms with Crippen molar-refractivity contribution in [1.29, 1.82) is 0 Å². The van der Waals surface area contributed by atoms with Crippen molar-refractivity contribution < 1.29 is 4.79 Å². The van der Waals surface area contributed by atoms with Crippen LogP contribution in [0.4, 0.5) is 4.79 Å². The van der Waals surface area contributed by atoms with Crippen LogP contribution in [0.15, 0.2) is 24.4 Å². The van der Waals surface area contributed by atoms with Crippen LogP contribution < -0.4 is 5.32 Å². The van der Waals surface area contributed by atoms with Gasteiger partial charge in [0.1, 0.15) is 0 Å². The number of aromatic nitrogens is 1. The first-order valence-electron chi connectivity index (χ1n) is 8.99. The Morgan fingerprint density at radius 2 is 2.04 bits per heavy atom. The molecule has 3 heterocycles. The second-order valence-electron chi connectivity index (χ2n) is 6.74. The monoisotopic (exact) mass is 348 g/mol. The molecule has 1 atom stereocenters. The number of nitrogens with zero attached hydrogens (tertiary/aromatic N) is 3. The number of thioether (sulfide) groups is 1. The molecule has 0 radical (unpaired) electrons. The Bertz CT molecular complexity index is 513. The number of nitrogens with one attached hydrogen (secondary N) is 1. The van der Waals surface area contributed by atoms with E-state index in [2.05, 4.69) is 27.0 Å². The third-order valence-electron chi connectivity index (χ3n) is 4.93. The molecule has 2 fully saturated rings. The van der Waals surface area contributed by atoms with E-state index in [9.17, 15) is 4.79 Å². The molecule has 1 aromatic rings. The van der Waals surface area contributed by atoms with E-state index in [1.54, 1.807) is 6.20 Å². The van der Waals surface area contributed by atoms with Crippen LogP contribution >= 0.6 is 11.8 Å². The third-order valence-corrected chi connectivity index (χ3v) is 5.87. The molecular formula is C18H28N4OS. The zero-order valence-electron chi connectivity index (χ0n) is 14.5. The van der Waals surface area contributed by atoms with E-state index in [0.29, 0.717) is 6.04 Å². The smallest absolute Gasteiger partial charge is 0.317 e. The van der Waals surface area contributed by atoms with Crippen LogP contribution in [-0.2, 0) is 6.42 Å². The number of amides is 2. The van der Waals surface area contributed by atoms with Gasteiger partial charge in [0.25, 0.3) is 0 Å². The summed E-state index contributed by atoms with van der Waals surface area (Å²) < 4.78 is 0. The van der Waals surface area contributed by atoms with Crippen LogP contribution in [0.5, 0.6) is 0 Å². The van der Waals surface area contributed by atoms with Gasteiger partial charge in [-0.25, -0.2) is 4.79 Å². The van der Waals surface area contributed by atoms with Crippen LogP contribution in [0.3, 0.4) is 0 Å². The van der Waals surface area contributed by atoms with Gasteiger partial charge in [0.2, 0.25) is 0 Å². The summed E-state index contributed by atoms with van der Waals surface area (Å²) >= 11 is 2.05. The highest BCUT2D eigenvalue weighted by molar-refractivity contribution is 7.99. The standard InChI is InChI=1S/C18H28N4OS/c1-15(14-16-4-2-3-7-19-16)20-18(23)22-8-5-17(6-9-22)21-10-12-24-13-11-21/h2-4,7,15,17H,5-6,8-14H2,1H3,(H,20,23)/t15-/m1/s1. The van der Waals surface area contributed by atoms with Crippen LogP contribution in [0.25, 0.3) is 0 Å². The van der Waals surface area contributed by atoms with E-state index < -0.39 is 0 Å². The highest BCUT2D eigenvalue weighted by Crippen LogP contribution is 2.20. The fraction of sp³-hybridized carbons (Fsp3) is 0.667. The number of likely N-dealkylation sites (tertiary alicyclic amines) is 1. The molecule has 132 valence electrons. The highest BCUT2D eigenvalue weighted by Gasteiger charge is 2.28. The minimum Gasteiger partial charge on any atom is -0.335 e. The van der Waals surface area contributed by atoms with Crippen molar-refractivity contribution in [3.05, 3.63) is 30.1 Å². The second-order valence-corrected chi connectivity index (χ2v) is 7.97. The Labute approximate surface area is 149 Å². The first kappa shape index (κ1) is 17.5. The first-order chi connectivity index (χ1) is 11.7. The fourth-order valence-electron chi connectivity index (χ4n) is 3.56. The van der Waals surface area contributed by atoms with Gasteiger partial charge in [0.15, 0.2) is 0 Å². The molecule has 3 rings (SSSR count). The van der Waals surface area contributed by atoms with Gasteiger partial charge in [-0.3, -0.25) is 9.88 Å². The maximum Gasteiger partial charge on any atom is 0.317 e. The molecule has 1 N–H and O–H groups in total. The molecule has 2 aliphatic heterocycles. The number of carbonyl (C=O) groups is 1. The minimum atomic E-state index is 0.0751. The van der Waals surface area contributed by atoms with Crippen LogP contribution in [0, 0.1) is 0 Å². The second kappa shape index (κ2) is 8.72. The average Bonchev–Trinajstić information content (AvgIpc) is 2.63. The lowest BCUT2D eigenvalue weighted by Crippen LogP contribution is -2.52. The topological polar surface area (TPSA) is 48.5 Å². The summed E-state index contributed by atoms with van der Waals surface area (Å²) in [4.78, 5) is 21.4. The van der Waals surface area contributed by atoms with Gasteiger partial charge in [-0.05, 0) is 31.9 Å². The lowest BCUT2D eigenvalue weighted by atomic mass is 10.0. The van der Waals surface area contributed by atoms with Gasteiger partial charge in [-0.1, -0.05) is 6.07 Å². The van der Waals surface area contributed by atoms with Crippen molar-refractivity contribution in [3.63, 3.8) is 0 Å². The van der Waals surface area contributed by atoms with Crippen molar-refractivity contribution >= 4 is 17.8 Å². The van der Waals surface area contributed by atoms with E-state index in [0.717, 1.165) is 38.0 Å². The minimum absolute atomic E-state index is 0.0751. The molecule has 5 nitrogen and oxygen atoms in total. The zero-order valence-corrected chi connectivity index (χ0v) is 15.3. The van der Waals surface area contributed by atoms with Crippen molar-refractivity contribution in [2.75, 3.05) is 37.7 Å². The maximum absolute atomic E-state index is 12.5. The molecule has 0 aromatic carbocycles. The number of hydrogen-bond acceptors (Lipinski definition) is 4. The number of pyridine rings is 1. The molecule has 24 heavy (non-hydrogen) atoms. The molecule has 0 spiro atoms. The largest absolute Gasteiger partial charge is 0.335 e. The number of piperidine rings is 1. The first-order valence-corrected chi connectivity index (χ1v) is 10.1. The van der Waals surface area contributed by atoms with Crippen molar-refractivity contribution in [1.82, 2.24) is 20.1 Å². The molecule has 6 heteroatoms. The number of rotatable bonds is 4. The number of hydrogen-bond donors (Lipinski definition) is 1. The van der Waals surface area contributed by atoms with E-state index in [1.165, 1.54) is 24.6 Å². The highest BCUT2D eigenvalue weighted by atomic mass is 32.2. The predicted molar refractivity (Wildman–Crippen MR) is 99.4 cm³/mol. The molecule has 2 amide bonds. The molecule has 0 bridgehead atoms. The molecule has 2 saturated heterocycles. The lowest BCUT2D eigenvalue weighted by molar-refractivity contribution is 0.123. The molecule has 1 aromatic heterocycles. The molecule has 0 aliphatic carbocycles. The van der Waals surface area contributed by atoms with Crippen LogP contribution in [0.1, 0.15) is 25.5 Å². The predicted octanol–water partition coefficient (Wildman–Crippen LogP) is 2.24. The SMILES string of the molecule is C[C@H](Cc1ccccn1)NC(=O)N1CCC(N2CCSCC2)CC1. The fourth-order valence-corrected chi connectivity index (χ4v) is 4.49.